The van der Waals surface area contributed by atoms with Crippen molar-refractivity contribution in [3.8, 4) is 0 Å². The van der Waals surface area contributed by atoms with Crippen molar-refractivity contribution in [1.29, 1.82) is 0 Å². The van der Waals surface area contributed by atoms with Crippen molar-refractivity contribution in [3.05, 3.63) is 19.4 Å². The van der Waals surface area contributed by atoms with Crippen LogP contribution in [0, 0.1) is 0 Å². The van der Waals surface area contributed by atoms with Crippen LogP contribution in [0.15, 0.2) is 19.4 Å². The highest BCUT2D eigenvalue weighted by Gasteiger charge is 1.82. The van der Waals surface area contributed by atoms with Gasteiger partial charge in [-0.05, 0) is 13.5 Å². The Bertz CT molecular complexity index is 107. The molecule has 38 valence electrons. The van der Waals surface area contributed by atoms with Gasteiger partial charge in [-0.3, -0.25) is 0 Å². The number of hydrogen-bond donors (Lipinski definition) is 0. The molecule has 0 unspecified atom stereocenters. The molecular formula is C6H10N+. The Morgan fingerprint density at radius 3 is 2.43 bits per heavy atom. The summed E-state index contributed by atoms with van der Waals surface area (Å²) in [4.78, 5) is 0. The molecular weight excluding hydrogens is 86.1 g/mol. The first-order valence-electron chi connectivity index (χ1n) is 2.27. The van der Waals surface area contributed by atoms with Crippen LogP contribution in [-0.4, -0.2) is 17.0 Å². The molecule has 0 aliphatic carbocycles. The van der Waals surface area contributed by atoms with E-state index in [0.717, 1.165) is 6.54 Å². The van der Waals surface area contributed by atoms with Crippen LogP contribution in [0.4, 0.5) is 0 Å². The molecule has 7 heavy (non-hydrogen) atoms. The van der Waals surface area contributed by atoms with Gasteiger partial charge in [0.1, 0.15) is 0 Å². The molecule has 0 N–H and O–H groups in total. The van der Waals surface area contributed by atoms with Crippen molar-refractivity contribution in [1.82, 2.24) is 0 Å². The lowest BCUT2D eigenvalue weighted by Gasteiger charge is -1.78. The minimum absolute atomic E-state index is 0.896. The molecule has 0 bridgehead atoms. The normalized spacial score (nSPS) is 7.00. The van der Waals surface area contributed by atoms with Crippen molar-refractivity contribution >= 4 is 5.87 Å². The Morgan fingerprint density at radius 2 is 2.43 bits per heavy atom. The van der Waals surface area contributed by atoms with Crippen LogP contribution in [0.3, 0.4) is 0 Å². The fourth-order valence-corrected chi connectivity index (χ4v) is 0.305. The molecule has 1 nitrogen and oxygen atoms in total. The van der Waals surface area contributed by atoms with E-state index < -0.39 is 0 Å². The Balaban J connectivity index is 3.86. The van der Waals surface area contributed by atoms with Gasteiger partial charge in [-0.15, -0.1) is 0 Å². The first-order chi connectivity index (χ1) is 3.35. The number of hydrogen-bond acceptors (Lipinski definition) is 0. The standard InChI is InChI=1S/C6H10N/c1-4-7(5-2)6-3/h4H,1-2,6H2,3H3/q+1. The molecule has 0 fully saturated rings. The highest BCUT2D eigenvalue weighted by atomic mass is 14.9. The fraction of sp³-hybridized carbons (Fsp3) is 0.333. The second-order valence-corrected chi connectivity index (χ2v) is 1.13. The average Bonchev–Trinajstić information content (AvgIpc) is 1.72. The molecule has 0 atom stereocenters. The maximum absolute atomic E-state index is 3.53. The monoisotopic (exact) mass is 96.1 g/mol. The highest BCUT2D eigenvalue weighted by Crippen LogP contribution is 1.66. The summed E-state index contributed by atoms with van der Waals surface area (Å²) in [5.74, 6) is 2.67. The van der Waals surface area contributed by atoms with Gasteiger partial charge in [-0.1, -0.05) is 0 Å². The van der Waals surface area contributed by atoms with Gasteiger partial charge in [-0.25, -0.2) is 0 Å². The molecule has 0 aliphatic rings. The van der Waals surface area contributed by atoms with Gasteiger partial charge in [0.25, 0.3) is 0 Å². The predicted molar refractivity (Wildman–Crippen MR) is 31.6 cm³/mol. The van der Waals surface area contributed by atoms with Crippen molar-refractivity contribution in [2.45, 2.75) is 6.92 Å². The van der Waals surface area contributed by atoms with Gasteiger partial charge < -0.3 is 0 Å². The third-order valence-corrected chi connectivity index (χ3v) is 0.764. The van der Waals surface area contributed by atoms with Gasteiger partial charge >= 0.3 is 0 Å². The van der Waals surface area contributed by atoms with Crippen LogP contribution in [0.5, 0.6) is 0 Å². The van der Waals surface area contributed by atoms with Crippen LogP contribution >= 0.6 is 0 Å². The second kappa shape index (κ2) is 3.38. The van der Waals surface area contributed by atoms with Crippen LogP contribution < -0.4 is 0 Å². The minimum Gasteiger partial charge on any atom is -0.158 e. The second-order valence-electron chi connectivity index (χ2n) is 1.13. The van der Waals surface area contributed by atoms with Gasteiger partial charge in [0.2, 0.25) is 0 Å². The van der Waals surface area contributed by atoms with E-state index in [9.17, 15) is 0 Å². The largest absolute Gasteiger partial charge is 0.171 e. The van der Waals surface area contributed by atoms with Gasteiger partial charge in [0.05, 0.1) is 0 Å². The lowest BCUT2D eigenvalue weighted by Crippen LogP contribution is -1.98. The minimum atomic E-state index is 0.896. The SMILES string of the molecule is C=C=[N+](C=C)CC. The Hall–Kier alpha value is -0.810. The van der Waals surface area contributed by atoms with E-state index in [2.05, 4.69) is 19.0 Å². The highest BCUT2D eigenvalue weighted by molar-refractivity contribution is 5.40. The molecule has 0 aromatic rings. The van der Waals surface area contributed by atoms with E-state index in [0.29, 0.717) is 0 Å². The van der Waals surface area contributed by atoms with Crippen molar-refractivity contribution in [2.75, 3.05) is 6.54 Å². The van der Waals surface area contributed by atoms with Crippen LogP contribution in [-0.2, 0) is 0 Å². The maximum atomic E-state index is 3.53. The first-order valence-corrected chi connectivity index (χ1v) is 2.27. The molecule has 0 aliphatic heterocycles. The third-order valence-electron chi connectivity index (χ3n) is 0.764. The smallest absolute Gasteiger partial charge is 0.158 e. The average molecular weight is 96.2 g/mol. The maximum Gasteiger partial charge on any atom is 0.171 e. The van der Waals surface area contributed by atoms with Crippen LogP contribution in [0.25, 0.3) is 0 Å². The number of nitrogens with zero attached hydrogens (tertiary/aromatic N) is 1. The fourth-order valence-electron chi connectivity index (χ4n) is 0.305. The Morgan fingerprint density at radius 1 is 1.86 bits per heavy atom. The summed E-state index contributed by atoms with van der Waals surface area (Å²) < 4.78 is 1.78. The zero-order valence-electron chi connectivity index (χ0n) is 4.65. The van der Waals surface area contributed by atoms with Gasteiger partial charge in [0.15, 0.2) is 18.6 Å². The molecule has 0 saturated carbocycles. The zero-order chi connectivity index (χ0) is 5.70. The van der Waals surface area contributed by atoms with E-state index in [-0.39, 0.29) is 0 Å². The van der Waals surface area contributed by atoms with E-state index >= 15 is 0 Å². The number of rotatable bonds is 2. The summed E-state index contributed by atoms with van der Waals surface area (Å²) in [6.45, 7) is 9.87. The zero-order valence-corrected chi connectivity index (χ0v) is 4.65. The summed E-state index contributed by atoms with van der Waals surface area (Å²) in [6, 6.07) is 0. The molecule has 0 aromatic heterocycles. The summed E-state index contributed by atoms with van der Waals surface area (Å²) in [6.07, 6.45) is 1.69. The quantitative estimate of drug-likeness (QED) is 0.356. The van der Waals surface area contributed by atoms with E-state index in [1.54, 1.807) is 10.8 Å². The molecule has 1 heteroatoms. The first kappa shape index (κ1) is 6.19. The van der Waals surface area contributed by atoms with E-state index in [4.69, 9.17) is 0 Å². The van der Waals surface area contributed by atoms with Gasteiger partial charge in [-0.2, -0.15) is 4.58 Å². The van der Waals surface area contributed by atoms with Gasteiger partial charge in [0, 0.05) is 6.58 Å². The Labute approximate surface area is 44.3 Å². The molecule has 0 heterocycles. The summed E-state index contributed by atoms with van der Waals surface area (Å²) >= 11 is 0. The molecule has 0 rings (SSSR count). The molecule has 0 radical (unpaired) electrons. The van der Waals surface area contributed by atoms with Crippen molar-refractivity contribution < 1.29 is 4.58 Å². The molecule has 0 aromatic carbocycles. The van der Waals surface area contributed by atoms with Crippen molar-refractivity contribution in [2.24, 2.45) is 0 Å². The third kappa shape index (κ3) is 1.96. The van der Waals surface area contributed by atoms with Crippen LogP contribution in [0.1, 0.15) is 6.92 Å². The Kier molecular flexibility index (Phi) is 2.99. The van der Waals surface area contributed by atoms with E-state index in [1.165, 1.54) is 0 Å². The molecule has 0 saturated heterocycles. The summed E-state index contributed by atoms with van der Waals surface area (Å²) in [5, 5.41) is 0. The lowest BCUT2D eigenvalue weighted by molar-refractivity contribution is -0.444. The topological polar surface area (TPSA) is 3.01 Å². The van der Waals surface area contributed by atoms with Crippen molar-refractivity contribution in [3.63, 3.8) is 0 Å². The lowest BCUT2D eigenvalue weighted by atomic mass is 10.7. The predicted octanol–water partition coefficient (Wildman–Crippen LogP) is 1.02. The molecule has 0 amide bonds. The summed E-state index contributed by atoms with van der Waals surface area (Å²) in [5.41, 5.74) is 0. The van der Waals surface area contributed by atoms with E-state index in [1.807, 2.05) is 6.92 Å². The molecule has 0 spiro atoms. The summed E-state index contributed by atoms with van der Waals surface area (Å²) in [7, 11) is 0. The van der Waals surface area contributed by atoms with Crippen LogP contribution in [0.2, 0.25) is 0 Å².